The average molecular weight is 327 g/mol. The summed E-state index contributed by atoms with van der Waals surface area (Å²) >= 11 is 3.56. The molecule has 0 aliphatic heterocycles. The van der Waals surface area contributed by atoms with Gasteiger partial charge in [-0.05, 0) is 50.2 Å². The van der Waals surface area contributed by atoms with Gasteiger partial charge < -0.3 is 10.2 Å². The Balaban J connectivity index is 2.58. The molecule has 0 aliphatic carbocycles. The maximum atomic E-state index is 3.59. The Hall–Kier alpha value is -0.380. The molecule has 1 aromatic rings. The summed E-state index contributed by atoms with van der Waals surface area (Å²) in [5, 5.41) is 3.59. The van der Waals surface area contributed by atoms with E-state index in [2.05, 4.69) is 78.2 Å². The number of nitrogens with one attached hydrogen (secondary N) is 1. The van der Waals surface area contributed by atoms with Crippen LogP contribution >= 0.6 is 15.9 Å². The van der Waals surface area contributed by atoms with Crippen molar-refractivity contribution in [3.63, 3.8) is 0 Å². The first-order chi connectivity index (χ1) is 9.02. The smallest absolute Gasteiger partial charge is 0.0332 e. The highest BCUT2D eigenvalue weighted by Gasteiger charge is 2.12. The summed E-state index contributed by atoms with van der Waals surface area (Å²) in [5.74, 6) is 0.730. The van der Waals surface area contributed by atoms with Crippen LogP contribution in [0.25, 0.3) is 0 Å². The second-order valence-electron chi connectivity index (χ2n) is 5.61. The highest BCUT2D eigenvalue weighted by Crippen LogP contribution is 2.21. The molecule has 1 atom stereocenters. The molecule has 0 saturated heterocycles. The van der Waals surface area contributed by atoms with Gasteiger partial charge in [0.05, 0.1) is 0 Å². The van der Waals surface area contributed by atoms with E-state index in [4.69, 9.17) is 0 Å². The molecule has 0 heterocycles. The van der Waals surface area contributed by atoms with Gasteiger partial charge in [0.1, 0.15) is 0 Å². The van der Waals surface area contributed by atoms with Crippen LogP contribution in [0, 0.1) is 5.92 Å². The summed E-state index contributed by atoms with van der Waals surface area (Å²) in [4.78, 5) is 2.42. The van der Waals surface area contributed by atoms with Crippen molar-refractivity contribution in [1.82, 2.24) is 10.2 Å². The molecule has 0 fully saturated rings. The first kappa shape index (κ1) is 16.7. The van der Waals surface area contributed by atoms with Gasteiger partial charge in [0.25, 0.3) is 0 Å². The van der Waals surface area contributed by atoms with Gasteiger partial charge in [-0.2, -0.15) is 0 Å². The van der Waals surface area contributed by atoms with Gasteiger partial charge in [0.2, 0.25) is 0 Å². The van der Waals surface area contributed by atoms with Crippen molar-refractivity contribution in [2.45, 2.75) is 33.2 Å². The lowest BCUT2D eigenvalue weighted by Crippen LogP contribution is -2.29. The number of rotatable bonds is 8. The SMILES string of the molecule is CCNC(CCN(C)CC(C)C)c1cccc(Br)c1. The molecular weight excluding hydrogens is 300 g/mol. The molecule has 19 heavy (non-hydrogen) atoms. The van der Waals surface area contributed by atoms with Crippen molar-refractivity contribution in [1.29, 1.82) is 0 Å². The van der Waals surface area contributed by atoms with Crippen LogP contribution in [-0.2, 0) is 0 Å². The van der Waals surface area contributed by atoms with E-state index in [-0.39, 0.29) is 0 Å². The lowest BCUT2D eigenvalue weighted by Gasteiger charge is -2.24. The van der Waals surface area contributed by atoms with E-state index in [0.29, 0.717) is 6.04 Å². The van der Waals surface area contributed by atoms with E-state index in [0.717, 1.165) is 36.4 Å². The van der Waals surface area contributed by atoms with E-state index in [1.54, 1.807) is 0 Å². The number of nitrogens with zero attached hydrogens (tertiary/aromatic N) is 1. The van der Waals surface area contributed by atoms with Crippen molar-refractivity contribution in [2.75, 3.05) is 26.7 Å². The molecule has 0 radical (unpaired) electrons. The predicted molar refractivity (Wildman–Crippen MR) is 87.5 cm³/mol. The molecule has 1 unspecified atom stereocenters. The Morgan fingerprint density at radius 2 is 2.05 bits per heavy atom. The molecule has 1 N–H and O–H groups in total. The van der Waals surface area contributed by atoms with Gasteiger partial charge in [-0.15, -0.1) is 0 Å². The average Bonchev–Trinajstić information content (AvgIpc) is 2.33. The van der Waals surface area contributed by atoms with Crippen LogP contribution in [-0.4, -0.2) is 31.6 Å². The molecule has 1 aromatic carbocycles. The fraction of sp³-hybridized carbons (Fsp3) is 0.625. The Kier molecular flexibility index (Phi) is 7.66. The zero-order valence-corrected chi connectivity index (χ0v) is 14.2. The fourth-order valence-electron chi connectivity index (χ4n) is 2.42. The quantitative estimate of drug-likeness (QED) is 0.774. The second kappa shape index (κ2) is 8.72. The third kappa shape index (κ3) is 6.55. The van der Waals surface area contributed by atoms with Crippen molar-refractivity contribution in [3.8, 4) is 0 Å². The summed E-state index contributed by atoms with van der Waals surface area (Å²) in [6.07, 6.45) is 1.15. The number of halogens is 1. The third-order valence-corrected chi connectivity index (χ3v) is 3.67. The molecule has 0 aliphatic rings. The normalized spacial score (nSPS) is 13.2. The summed E-state index contributed by atoms with van der Waals surface area (Å²) in [6, 6.07) is 9.06. The lowest BCUT2D eigenvalue weighted by molar-refractivity contribution is 0.277. The summed E-state index contributed by atoms with van der Waals surface area (Å²) in [6.45, 7) is 10.0. The van der Waals surface area contributed by atoms with E-state index < -0.39 is 0 Å². The topological polar surface area (TPSA) is 15.3 Å². The number of benzene rings is 1. The van der Waals surface area contributed by atoms with Crippen LogP contribution in [0.3, 0.4) is 0 Å². The first-order valence-electron chi connectivity index (χ1n) is 7.20. The molecular formula is C16H27BrN2. The largest absolute Gasteiger partial charge is 0.310 e. The maximum absolute atomic E-state index is 3.59. The molecule has 0 bridgehead atoms. The van der Waals surface area contributed by atoms with Crippen molar-refractivity contribution >= 4 is 15.9 Å². The predicted octanol–water partition coefficient (Wildman–Crippen LogP) is 4.08. The Morgan fingerprint density at radius 3 is 2.63 bits per heavy atom. The van der Waals surface area contributed by atoms with E-state index in [1.165, 1.54) is 5.56 Å². The van der Waals surface area contributed by atoms with Crippen molar-refractivity contribution in [3.05, 3.63) is 34.3 Å². The molecule has 0 amide bonds. The van der Waals surface area contributed by atoms with Gasteiger partial charge in [0.15, 0.2) is 0 Å². The molecule has 0 spiro atoms. The minimum absolute atomic E-state index is 0.442. The minimum atomic E-state index is 0.442. The number of hydrogen-bond donors (Lipinski definition) is 1. The van der Waals surface area contributed by atoms with Crippen LogP contribution in [0.1, 0.15) is 38.8 Å². The zero-order chi connectivity index (χ0) is 14.3. The van der Waals surface area contributed by atoms with Gasteiger partial charge >= 0.3 is 0 Å². The fourth-order valence-corrected chi connectivity index (χ4v) is 2.84. The molecule has 108 valence electrons. The van der Waals surface area contributed by atoms with Crippen molar-refractivity contribution in [2.24, 2.45) is 5.92 Å². The standard InChI is InChI=1S/C16H27BrN2/c1-5-18-16(9-10-19(4)12-13(2)3)14-7-6-8-15(17)11-14/h6-8,11,13,16,18H,5,9-10,12H2,1-4H3. The van der Waals surface area contributed by atoms with Gasteiger partial charge in [0, 0.05) is 17.1 Å². The molecule has 1 rings (SSSR count). The highest BCUT2D eigenvalue weighted by atomic mass is 79.9. The van der Waals surface area contributed by atoms with E-state index >= 15 is 0 Å². The molecule has 3 heteroatoms. The molecule has 0 saturated carbocycles. The van der Waals surface area contributed by atoms with Crippen molar-refractivity contribution < 1.29 is 0 Å². The van der Waals surface area contributed by atoms with Crippen LogP contribution in [0.5, 0.6) is 0 Å². The molecule has 2 nitrogen and oxygen atoms in total. The van der Waals surface area contributed by atoms with Gasteiger partial charge in [-0.1, -0.05) is 48.8 Å². The zero-order valence-electron chi connectivity index (χ0n) is 12.6. The Bertz CT molecular complexity index is 366. The van der Waals surface area contributed by atoms with Gasteiger partial charge in [-0.25, -0.2) is 0 Å². The highest BCUT2D eigenvalue weighted by molar-refractivity contribution is 9.10. The lowest BCUT2D eigenvalue weighted by atomic mass is 10.0. The minimum Gasteiger partial charge on any atom is -0.310 e. The second-order valence-corrected chi connectivity index (χ2v) is 6.53. The number of hydrogen-bond acceptors (Lipinski definition) is 2. The Morgan fingerprint density at radius 1 is 1.32 bits per heavy atom. The monoisotopic (exact) mass is 326 g/mol. The summed E-state index contributed by atoms with van der Waals surface area (Å²) in [5.41, 5.74) is 1.37. The molecule has 0 aromatic heterocycles. The van der Waals surface area contributed by atoms with Crippen LogP contribution in [0.2, 0.25) is 0 Å². The summed E-state index contributed by atoms with van der Waals surface area (Å²) in [7, 11) is 2.21. The van der Waals surface area contributed by atoms with Crippen LogP contribution < -0.4 is 5.32 Å². The van der Waals surface area contributed by atoms with E-state index in [1.807, 2.05) is 0 Å². The van der Waals surface area contributed by atoms with E-state index in [9.17, 15) is 0 Å². The Labute approximate surface area is 126 Å². The summed E-state index contributed by atoms with van der Waals surface area (Å²) < 4.78 is 1.16. The third-order valence-electron chi connectivity index (χ3n) is 3.18. The van der Waals surface area contributed by atoms with Crippen LogP contribution in [0.4, 0.5) is 0 Å². The van der Waals surface area contributed by atoms with Gasteiger partial charge in [-0.3, -0.25) is 0 Å². The first-order valence-corrected chi connectivity index (χ1v) is 7.99. The maximum Gasteiger partial charge on any atom is 0.0332 e. The van der Waals surface area contributed by atoms with Crippen LogP contribution in [0.15, 0.2) is 28.7 Å².